The first kappa shape index (κ1) is 14.0. The Morgan fingerprint density at radius 3 is 2.82 bits per heavy atom. The largest absolute Gasteiger partial charge is 0.494 e. The first-order chi connectivity index (χ1) is 10.7. The van der Waals surface area contributed by atoms with Gasteiger partial charge in [-0.1, -0.05) is 0 Å². The van der Waals surface area contributed by atoms with E-state index in [0.29, 0.717) is 17.2 Å². The van der Waals surface area contributed by atoms with Gasteiger partial charge in [0.05, 0.1) is 24.7 Å². The van der Waals surface area contributed by atoms with Gasteiger partial charge in [-0.2, -0.15) is 5.10 Å². The number of aromatic amines is 1. The lowest BCUT2D eigenvalue weighted by Gasteiger charge is -2.09. The average molecular weight is 299 g/mol. The number of methoxy groups -OCH3 is 1. The van der Waals surface area contributed by atoms with Crippen LogP contribution >= 0.6 is 0 Å². The maximum atomic E-state index is 13.9. The molecule has 22 heavy (non-hydrogen) atoms. The first-order valence-corrected chi connectivity index (χ1v) is 6.60. The molecule has 0 saturated carbocycles. The second kappa shape index (κ2) is 5.80. The standard InChI is InChI=1S/C15H14FN5O/c1-9-6-17-15(20-11-7-18-19-8-11)21-14(9)10-3-4-13(22-2)12(16)5-10/h3-8H,1-2H3,(H,18,19)(H,17,20,21). The molecule has 0 spiro atoms. The van der Waals surface area contributed by atoms with Crippen molar-refractivity contribution in [2.45, 2.75) is 6.92 Å². The minimum absolute atomic E-state index is 0.201. The fraction of sp³-hybridized carbons (Fsp3) is 0.133. The van der Waals surface area contributed by atoms with Gasteiger partial charge in [-0.25, -0.2) is 14.4 Å². The maximum Gasteiger partial charge on any atom is 0.227 e. The third-order valence-electron chi connectivity index (χ3n) is 3.15. The SMILES string of the molecule is COc1ccc(-c2nc(Nc3cn[nH]c3)ncc2C)cc1F. The second-order valence-corrected chi connectivity index (χ2v) is 4.69. The van der Waals surface area contributed by atoms with Crippen LogP contribution in [0.25, 0.3) is 11.3 Å². The van der Waals surface area contributed by atoms with Crippen LogP contribution in [0.15, 0.2) is 36.8 Å². The Balaban J connectivity index is 1.97. The third kappa shape index (κ3) is 2.73. The number of aryl methyl sites for hydroxylation is 1. The fourth-order valence-electron chi connectivity index (χ4n) is 2.06. The van der Waals surface area contributed by atoms with Gasteiger partial charge in [0.15, 0.2) is 11.6 Å². The zero-order valence-electron chi connectivity index (χ0n) is 12.1. The summed E-state index contributed by atoms with van der Waals surface area (Å²) in [6.45, 7) is 1.87. The van der Waals surface area contributed by atoms with Crippen molar-refractivity contribution in [1.29, 1.82) is 0 Å². The Labute approximate surface area is 126 Å². The van der Waals surface area contributed by atoms with Gasteiger partial charge >= 0.3 is 0 Å². The van der Waals surface area contributed by atoms with E-state index < -0.39 is 5.82 Å². The number of benzene rings is 1. The Bertz CT molecular complexity index is 789. The number of halogens is 1. The summed E-state index contributed by atoms with van der Waals surface area (Å²) >= 11 is 0. The fourth-order valence-corrected chi connectivity index (χ4v) is 2.06. The number of ether oxygens (including phenoxy) is 1. The van der Waals surface area contributed by atoms with Gasteiger partial charge in [0.25, 0.3) is 0 Å². The van der Waals surface area contributed by atoms with Gasteiger partial charge in [0.2, 0.25) is 5.95 Å². The molecule has 0 radical (unpaired) electrons. The zero-order chi connectivity index (χ0) is 15.5. The number of rotatable bonds is 4. The molecule has 7 heteroatoms. The molecule has 0 unspecified atom stereocenters. The summed E-state index contributed by atoms with van der Waals surface area (Å²) in [4.78, 5) is 8.66. The summed E-state index contributed by atoms with van der Waals surface area (Å²) in [5.41, 5.74) is 2.91. The molecule has 0 fully saturated rings. The Hall–Kier alpha value is -2.96. The molecular formula is C15H14FN5O. The first-order valence-electron chi connectivity index (χ1n) is 6.60. The van der Waals surface area contributed by atoms with Crippen LogP contribution in [0.1, 0.15) is 5.56 Å². The number of nitrogens with zero attached hydrogens (tertiary/aromatic N) is 3. The van der Waals surface area contributed by atoms with Gasteiger partial charge < -0.3 is 10.1 Å². The van der Waals surface area contributed by atoms with Crippen molar-refractivity contribution in [3.63, 3.8) is 0 Å². The predicted octanol–water partition coefficient (Wildman–Crippen LogP) is 3.07. The van der Waals surface area contributed by atoms with E-state index in [9.17, 15) is 4.39 Å². The molecule has 2 aromatic heterocycles. The highest BCUT2D eigenvalue weighted by Gasteiger charge is 2.10. The summed E-state index contributed by atoms with van der Waals surface area (Å²) in [6, 6.07) is 4.74. The Morgan fingerprint density at radius 1 is 1.27 bits per heavy atom. The highest BCUT2D eigenvalue weighted by molar-refractivity contribution is 5.65. The molecule has 112 valence electrons. The molecule has 3 aromatic rings. The molecule has 3 rings (SSSR count). The van der Waals surface area contributed by atoms with Gasteiger partial charge in [-0.3, -0.25) is 5.10 Å². The molecule has 0 aliphatic rings. The number of anilines is 2. The lowest BCUT2D eigenvalue weighted by atomic mass is 10.1. The Morgan fingerprint density at radius 2 is 2.14 bits per heavy atom. The molecular weight excluding hydrogens is 285 g/mol. The number of hydrogen-bond donors (Lipinski definition) is 2. The smallest absolute Gasteiger partial charge is 0.227 e. The van der Waals surface area contributed by atoms with Crippen LogP contribution < -0.4 is 10.1 Å². The number of H-pyrrole nitrogens is 1. The van der Waals surface area contributed by atoms with Crippen molar-refractivity contribution in [2.75, 3.05) is 12.4 Å². The van der Waals surface area contributed by atoms with Crippen LogP contribution in [0.2, 0.25) is 0 Å². The molecule has 0 amide bonds. The van der Waals surface area contributed by atoms with E-state index in [4.69, 9.17) is 4.74 Å². The summed E-state index contributed by atoms with van der Waals surface area (Å²) in [5, 5.41) is 9.56. The van der Waals surface area contributed by atoms with Gasteiger partial charge in [0.1, 0.15) is 0 Å². The quantitative estimate of drug-likeness (QED) is 0.774. The van der Waals surface area contributed by atoms with E-state index in [-0.39, 0.29) is 5.75 Å². The van der Waals surface area contributed by atoms with Gasteiger partial charge in [0, 0.05) is 18.0 Å². The molecule has 0 saturated heterocycles. The Kier molecular flexibility index (Phi) is 3.69. The minimum Gasteiger partial charge on any atom is -0.494 e. The van der Waals surface area contributed by atoms with Crippen LogP contribution in [0, 0.1) is 12.7 Å². The lowest BCUT2D eigenvalue weighted by Crippen LogP contribution is -2.00. The number of aromatic nitrogens is 4. The van der Waals surface area contributed by atoms with Crippen molar-refractivity contribution < 1.29 is 9.13 Å². The van der Waals surface area contributed by atoms with E-state index in [1.54, 1.807) is 30.7 Å². The number of hydrogen-bond acceptors (Lipinski definition) is 5. The van der Waals surface area contributed by atoms with E-state index >= 15 is 0 Å². The van der Waals surface area contributed by atoms with Crippen molar-refractivity contribution >= 4 is 11.6 Å². The minimum atomic E-state index is -0.428. The third-order valence-corrected chi connectivity index (χ3v) is 3.15. The lowest BCUT2D eigenvalue weighted by molar-refractivity contribution is 0.386. The average Bonchev–Trinajstić information content (AvgIpc) is 3.02. The molecule has 0 aliphatic heterocycles. The van der Waals surface area contributed by atoms with Crippen LogP contribution in [-0.2, 0) is 0 Å². The summed E-state index contributed by atoms with van der Waals surface area (Å²) in [5.74, 6) is 0.188. The normalized spacial score (nSPS) is 10.5. The molecule has 0 atom stereocenters. The van der Waals surface area contributed by atoms with E-state index in [2.05, 4.69) is 25.5 Å². The van der Waals surface area contributed by atoms with Crippen LogP contribution in [0.5, 0.6) is 5.75 Å². The van der Waals surface area contributed by atoms with Crippen molar-refractivity contribution in [1.82, 2.24) is 20.2 Å². The monoisotopic (exact) mass is 299 g/mol. The van der Waals surface area contributed by atoms with Crippen molar-refractivity contribution in [3.05, 3.63) is 48.2 Å². The summed E-state index contributed by atoms with van der Waals surface area (Å²) in [7, 11) is 1.43. The molecule has 0 aliphatic carbocycles. The molecule has 2 N–H and O–H groups in total. The summed E-state index contributed by atoms with van der Waals surface area (Å²) < 4.78 is 18.8. The summed E-state index contributed by atoms with van der Waals surface area (Å²) in [6.07, 6.45) is 5.00. The predicted molar refractivity (Wildman–Crippen MR) is 80.6 cm³/mol. The zero-order valence-corrected chi connectivity index (χ0v) is 12.1. The van der Waals surface area contributed by atoms with E-state index in [0.717, 1.165) is 11.3 Å². The highest BCUT2D eigenvalue weighted by Crippen LogP contribution is 2.27. The second-order valence-electron chi connectivity index (χ2n) is 4.69. The van der Waals surface area contributed by atoms with Crippen LogP contribution in [0.3, 0.4) is 0 Å². The van der Waals surface area contributed by atoms with Crippen LogP contribution in [0.4, 0.5) is 16.0 Å². The maximum absolute atomic E-state index is 13.9. The van der Waals surface area contributed by atoms with E-state index in [1.807, 2.05) is 6.92 Å². The molecule has 2 heterocycles. The molecule has 1 aromatic carbocycles. The molecule has 6 nitrogen and oxygen atoms in total. The van der Waals surface area contributed by atoms with Crippen molar-refractivity contribution in [3.8, 4) is 17.0 Å². The van der Waals surface area contributed by atoms with Crippen LogP contribution in [-0.4, -0.2) is 27.3 Å². The van der Waals surface area contributed by atoms with Gasteiger partial charge in [-0.15, -0.1) is 0 Å². The number of nitrogens with one attached hydrogen (secondary N) is 2. The van der Waals surface area contributed by atoms with E-state index in [1.165, 1.54) is 13.2 Å². The highest BCUT2D eigenvalue weighted by atomic mass is 19.1. The topological polar surface area (TPSA) is 75.7 Å². The van der Waals surface area contributed by atoms with Gasteiger partial charge in [-0.05, 0) is 30.7 Å². The molecule has 0 bridgehead atoms. The van der Waals surface area contributed by atoms with Crippen molar-refractivity contribution in [2.24, 2.45) is 0 Å².